The Kier molecular flexibility index (Phi) is 23.5. The van der Waals surface area contributed by atoms with E-state index in [0.717, 1.165) is 77.0 Å². The number of carboxylic acid groups (broad SMARTS) is 2. The van der Waals surface area contributed by atoms with Gasteiger partial charge in [0.15, 0.2) is 0 Å². The van der Waals surface area contributed by atoms with Gasteiger partial charge in [-0.15, -0.1) is 0 Å². The van der Waals surface area contributed by atoms with Crippen LogP contribution in [-0.4, -0.2) is 34.2 Å². The summed E-state index contributed by atoms with van der Waals surface area (Å²) in [5.41, 5.74) is 13.6. The zero-order chi connectivity index (χ0) is 25.2. The van der Waals surface area contributed by atoms with Crippen LogP contribution in [0.1, 0.15) is 131 Å². The Morgan fingerprint density at radius 1 is 0.727 bits per heavy atom. The Hall–Kier alpha value is -0.452. The first-order valence-electron chi connectivity index (χ1n) is 12.8. The zero-order valence-electron chi connectivity index (χ0n) is 22.1. The van der Waals surface area contributed by atoms with Gasteiger partial charge in [0.25, 0.3) is 0 Å². The van der Waals surface area contributed by atoms with Gasteiger partial charge in [-0.05, 0) is 39.5 Å². The average Bonchev–Trinajstić information content (AvgIpc) is 2.76. The number of hydrogen-bond acceptors (Lipinski definition) is 2. The minimum Gasteiger partial charge on any atom is -0.676 e. The largest absolute Gasteiger partial charge is 2.00 e. The van der Waals surface area contributed by atoms with Crippen LogP contribution in [-0.2, 0) is 30.7 Å². The molecular weight excluding hydrogens is 599 g/mol. The van der Waals surface area contributed by atoms with Crippen molar-refractivity contribution in [3.8, 4) is 0 Å². The van der Waals surface area contributed by atoms with E-state index in [0.29, 0.717) is 0 Å². The smallest absolute Gasteiger partial charge is 0.676 e. The first kappa shape index (κ1) is 37.1. The van der Waals surface area contributed by atoms with Gasteiger partial charge in [0.2, 0.25) is 0 Å². The molecule has 6 nitrogen and oxygen atoms in total. The third-order valence-electron chi connectivity index (χ3n) is 7.02. The number of carbonyl (C=O) groups is 2. The number of rotatable bonds is 12. The maximum Gasteiger partial charge on any atom is 2.00 e. The first-order valence-corrected chi connectivity index (χ1v) is 12.8. The summed E-state index contributed by atoms with van der Waals surface area (Å²) >= 11 is 0. The molecule has 0 aromatic rings. The Morgan fingerprint density at radius 2 is 1.03 bits per heavy atom. The van der Waals surface area contributed by atoms with E-state index < -0.39 is 22.8 Å². The molecule has 0 spiro atoms. The van der Waals surface area contributed by atoms with Crippen molar-refractivity contribution in [2.45, 2.75) is 144 Å². The molecule has 4 N–H and O–H groups in total. The van der Waals surface area contributed by atoms with Gasteiger partial charge < -0.3 is 21.7 Å². The van der Waals surface area contributed by atoms with Crippen LogP contribution in [0, 0.1) is 10.8 Å². The molecule has 1 aliphatic carbocycles. The van der Waals surface area contributed by atoms with Gasteiger partial charge in [-0.2, -0.15) is 12.1 Å². The molecule has 0 unspecified atom stereocenters. The summed E-state index contributed by atoms with van der Waals surface area (Å²) in [6.07, 6.45) is 14.0. The molecule has 0 amide bonds. The molecule has 0 bridgehead atoms. The number of carboxylic acids is 2. The van der Waals surface area contributed by atoms with E-state index in [-0.39, 0.29) is 33.1 Å². The van der Waals surface area contributed by atoms with E-state index >= 15 is 0 Å². The van der Waals surface area contributed by atoms with Crippen LogP contribution in [0.3, 0.4) is 0 Å². The average molecular weight is 652 g/mol. The molecule has 1 aliphatic rings. The standard InChI is InChI=1S/2C10H20O2.C6H12N2.Pt/c2*1-4-6-7-8-10(3,5-2)9(11)12;7-5-3-1-2-4-6(5)8;/h2*4-8H2,1-3H3,(H,11,12);5-8H,1-4H2;/q;;-2;+2/t2*10-;5-,6-;/m101./s1. The monoisotopic (exact) mass is 651 g/mol. The molecule has 0 aromatic carbocycles. The fourth-order valence-corrected chi connectivity index (χ4v) is 3.53. The normalized spacial score (nSPS) is 21.0. The van der Waals surface area contributed by atoms with Gasteiger partial charge in [0.05, 0.1) is 10.8 Å². The third-order valence-corrected chi connectivity index (χ3v) is 7.02. The van der Waals surface area contributed by atoms with Gasteiger partial charge in [-0.1, -0.05) is 91.9 Å². The second kappa shape index (κ2) is 20.9. The minimum absolute atomic E-state index is 0. The number of hydrogen-bond donors (Lipinski definition) is 2. The third kappa shape index (κ3) is 16.8. The van der Waals surface area contributed by atoms with Crippen LogP contribution >= 0.6 is 0 Å². The van der Waals surface area contributed by atoms with E-state index in [2.05, 4.69) is 13.8 Å². The molecule has 7 heteroatoms. The summed E-state index contributed by atoms with van der Waals surface area (Å²) in [6, 6.07) is -0.160. The SMILES string of the molecule is CCCCC[C@@](C)(CC)C(=O)O.CCCCC[C@](C)(CC)C(=O)O.[NH-][C@@H]1CCCC[C@H]1[NH-].[Pt+2]. The molecule has 33 heavy (non-hydrogen) atoms. The Bertz CT molecular complexity index is 463. The van der Waals surface area contributed by atoms with E-state index in [1.54, 1.807) is 0 Å². The molecule has 200 valence electrons. The Labute approximate surface area is 218 Å². The van der Waals surface area contributed by atoms with E-state index in [1.807, 2.05) is 27.7 Å². The molecule has 1 rings (SSSR count). The predicted octanol–water partition coefficient (Wildman–Crippen LogP) is 8.53. The molecule has 4 atom stereocenters. The van der Waals surface area contributed by atoms with Gasteiger partial charge in [-0.3, -0.25) is 9.59 Å². The van der Waals surface area contributed by atoms with Crippen molar-refractivity contribution in [1.82, 2.24) is 0 Å². The van der Waals surface area contributed by atoms with E-state index in [9.17, 15) is 9.59 Å². The second-order valence-electron chi connectivity index (χ2n) is 9.85. The van der Waals surface area contributed by atoms with Crippen LogP contribution in [0.5, 0.6) is 0 Å². The molecule has 0 aromatic heterocycles. The van der Waals surface area contributed by atoms with Crippen LogP contribution in [0.2, 0.25) is 0 Å². The molecule has 0 aliphatic heterocycles. The maximum absolute atomic E-state index is 10.8. The van der Waals surface area contributed by atoms with Crippen molar-refractivity contribution in [1.29, 1.82) is 0 Å². The summed E-state index contributed by atoms with van der Waals surface area (Å²) in [5, 5.41) is 17.9. The van der Waals surface area contributed by atoms with Crippen LogP contribution in [0.4, 0.5) is 0 Å². The second-order valence-corrected chi connectivity index (χ2v) is 9.85. The van der Waals surface area contributed by atoms with Gasteiger partial charge in [0, 0.05) is 0 Å². The predicted molar refractivity (Wildman–Crippen MR) is 135 cm³/mol. The van der Waals surface area contributed by atoms with Gasteiger partial charge >= 0.3 is 33.0 Å². The van der Waals surface area contributed by atoms with Crippen molar-refractivity contribution in [3.63, 3.8) is 0 Å². The Morgan fingerprint density at radius 3 is 1.21 bits per heavy atom. The summed E-state index contributed by atoms with van der Waals surface area (Å²) in [6.45, 7) is 11.8. The fourth-order valence-electron chi connectivity index (χ4n) is 3.53. The quantitative estimate of drug-likeness (QED) is 0.205. The topological polar surface area (TPSA) is 122 Å². The number of aliphatic carboxylic acids is 2. The van der Waals surface area contributed by atoms with Gasteiger partial charge in [-0.25, -0.2) is 0 Å². The van der Waals surface area contributed by atoms with E-state index in [1.165, 1.54) is 12.8 Å². The zero-order valence-corrected chi connectivity index (χ0v) is 24.4. The summed E-state index contributed by atoms with van der Waals surface area (Å²) in [7, 11) is 0. The summed E-state index contributed by atoms with van der Waals surface area (Å²) < 4.78 is 0. The van der Waals surface area contributed by atoms with Crippen LogP contribution < -0.4 is 0 Å². The van der Waals surface area contributed by atoms with Crippen molar-refractivity contribution in [2.75, 3.05) is 0 Å². The van der Waals surface area contributed by atoms with Crippen LogP contribution in [0.15, 0.2) is 0 Å². The molecule has 1 saturated carbocycles. The van der Waals surface area contributed by atoms with E-state index in [4.69, 9.17) is 21.7 Å². The van der Waals surface area contributed by atoms with Crippen molar-refractivity contribution >= 4 is 11.9 Å². The fraction of sp³-hybridized carbons (Fsp3) is 0.923. The minimum atomic E-state index is -0.652. The molecule has 1 fully saturated rings. The summed E-state index contributed by atoms with van der Waals surface area (Å²) in [4.78, 5) is 21.7. The van der Waals surface area contributed by atoms with Gasteiger partial charge in [0.1, 0.15) is 0 Å². The Balaban J connectivity index is -0.000000410. The molecule has 0 heterocycles. The number of nitrogens with one attached hydrogen (secondary N) is 2. The molecule has 0 radical (unpaired) electrons. The molecule has 0 saturated heterocycles. The number of unbranched alkanes of at least 4 members (excludes halogenated alkanes) is 4. The maximum atomic E-state index is 10.8. The summed E-state index contributed by atoms with van der Waals surface area (Å²) in [5.74, 6) is -1.30. The van der Waals surface area contributed by atoms with Crippen molar-refractivity contribution < 1.29 is 40.9 Å². The van der Waals surface area contributed by atoms with Crippen molar-refractivity contribution in [3.05, 3.63) is 11.5 Å². The molecular formula is C26H52N2O4Pt. The first-order chi connectivity index (χ1) is 14.9. The van der Waals surface area contributed by atoms with Crippen LogP contribution in [0.25, 0.3) is 11.5 Å². The van der Waals surface area contributed by atoms with Crippen molar-refractivity contribution in [2.24, 2.45) is 10.8 Å².